The Bertz CT molecular complexity index is 317. The van der Waals surface area contributed by atoms with Gasteiger partial charge in [0.2, 0.25) is 5.91 Å². The zero-order valence-electron chi connectivity index (χ0n) is 11.6. The second-order valence-electron chi connectivity index (χ2n) is 5.07. The van der Waals surface area contributed by atoms with Crippen LogP contribution in [-0.2, 0) is 9.53 Å². The highest BCUT2D eigenvalue weighted by Gasteiger charge is 2.44. The fourth-order valence-corrected chi connectivity index (χ4v) is 2.68. The third-order valence-electron chi connectivity index (χ3n) is 3.73. The topological polar surface area (TPSA) is 75.8 Å². The lowest BCUT2D eigenvalue weighted by atomic mass is 9.78. The average Bonchev–Trinajstić information content (AvgIpc) is 2.43. The van der Waals surface area contributed by atoms with Crippen LogP contribution in [0.1, 0.15) is 32.1 Å². The Labute approximate surface area is 120 Å². The molecule has 1 rings (SSSR count). The quantitative estimate of drug-likeness (QED) is 0.532. The molecule has 1 aliphatic heterocycles. The van der Waals surface area contributed by atoms with Gasteiger partial charge in [-0.2, -0.15) is 0 Å². The molecule has 3 N–H and O–H groups in total. The van der Waals surface area contributed by atoms with Crippen LogP contribution in [0.25, 0.3) is 0 Å². The van der Waals surface area contributed by atoms with Gasteiger partial charge in [0.25, 0.3) is 0 Å². The number of carbonyl (C=O) groups is 1. The molecule has 0 aromatic heterocycles. The number of unbranched alkanes of at least 4 members (excludes halogenated alkanes) is 2. The van der Waals surface area contributed by atoms with Gasteiger partial charge in [0.05, 0.1) is 4.99 Å². The van der Waals surface area contributed by atoms with Crippen molar-refractivity contribution in [2.24, 2.45) is 11.1 Å². The highest BCUT2D eigenvalue weighted by Crippen LogP contribution is 2.33. The van der Waals surface area contributed by atoms with Crippen LogP contribution in [0.5, 0.6) is 0 Å². The van der Waals surface area contributed by atoms with E-state index in [1.165, 1.54) is 0 Å². The third-order valence-corrected chi connectivity index (χ3v) is 4.12. The summed E-state index contributed by atoms with van der Waals surface area (Å²) < 4.78 is 5.30. The zero-order chi connectivity index (χ0) is 14.3. The standard InChI is InChI=1S/C13H24N2O3S/c1-15(7-3-2-4-8-16)12(17)13(11(14)19)5-9-18-10-6-13/h16H,2-10H2,1H3,(H2,14,19). The van der Waals surface area contributed by atoms with Crippen LogP contribution >= 0.6 is 12.2 Å². The minimum atomic E-state index is -0.723. The number of rotatable bonds is 7. The van der Waals surface area contributed by atoms with Gasteiger partial charge in [-0.1, -0.05) is 12.2 Å². The van der Waals surface area contributed by atoms with Gasteiger partial charge in [0, 0.05) is 33.4 Å². The molecule has 1 heterocycles. The molecule has 1 saturated heterocycles. The van der Waals surface area contributed by atoms with Crippen LogP contribution in [0.2, 0.25) is 0 Å². The molecule has 1 fully saturated rings. The molecule has 0 spiro atoms. The minimum absolute atomic E-state index is 0.00676. The molecule has 1 aliphatic rings. The molecule has 0 saturated carbocycles. The van der Waals surface area contributed by atoms with E-state index in [1.54, 1.807) is 11.9 Å². The number of hydrogen-bond donors (Lipinski definition) is 2. The van der Waals surface area contributed by atoms with E-state index in [1.807, 2.05) is 0 Å². The Kier molecular flexibility index (Phi) is 6.68. The maximum absolute atomic E-state index is 12.6. The molecule has 0 aromatic rings. The van der Waals surface area contributed by atoms with Crippen molar-refractivity contribution in [2.45, 2.75) is 32.1 Å². The summed E-state index contributed by atoms with van der Waals surface area (Å²) in [6.07, 6.45) is 3.71. The number of aliphatic hydroxyl groups is 1. The van der Waals surface area contributed by atoms with Crippen molar-refractivity contribution in [1.82, 2.24) is 4.90 Å². The maximum Gasteiger partial charge on any atom is 0.235 e. The van der Waals surface area contributed by atoms with E-state index >= 15 is 0 Å². The van der Waals surface area contributed by atoms with Crippen molar-refractivity contribution in [3.05, 3.63) is 0 Å². The summed E-state index contributed by atoms with van der Waals surface area (Å²) in [4.78, 5) is 14.6. The van der Waals surface area contributed by atoms with Crippen molar-refractivity contribution >= 4 is 23.1 Å². The minimum Gasteiger partial charge on any atom is -0.396 e. The van der Waals surface area contributed by atoms with E-state index in [-0.39, 0.29) is 17.5 Å². The smallest absolute Gasteiger partial charge is 0.235 e. The van der Waals surface area contributed by atoms with Crippen LogP contribution in [0.3, 0.4) is 0 Å². The van der Waals surface area contributed by atoms with E-state index < -0.39 is 5.41 Å². The molecular formula is C13H24N2O3S. The Morgan fingerprint density at radius 1 is 1.37 bits per heavy atom. The van der Waals surface area contributed by atoms with Crippen molar-refractivity contribution in [2.75, 3.05) is 33.4 Å². The molecule has 0 aliphatic carbocycles. The SMILES string of the molecule is CN(CCCCCO)C(=O)C1(C(N)=S)CCOCC1. The summed E-state index contributed by atoms with van der Waals surface area (Å²) in [5, 5.41) is 8.73. The number of carbonyl (C=O) groups excluding carboxylic acids is 1. The zero-order valence-corrected chi connectivity index (χ0v) is 12.4. The molecular weight excluding hydrogens is 264 g/mol. The molecule has 0 bridgehead atoms. The molecule has 0 atom stereocenters. The highest BCUT2D eigenvalue weighted by molar-refractivity contribution is 7.80. The van der Waals surface area contributed by atoms with Crippen LogP contribution in [0.15, 0.2) is 0 Å². The molecule has 6 heteroatoms. The fourth-order valence-electron chi connectivity index (χ4n) is 2.39. The molecule has 19 heavy (non-hydrogen) atoms. The lowest BCUT2D eigenvalue weighted by Crippen LogP contribution is -2.52. The van der Waals surface area contributed by atoms with Crippen molar-refractivity contribution < 1.29 is 14.6 Å². The van der Waals surface area contributed by atoms with E-state index in [9.17, 15) is 4.79 Å². The first kappa shape index (κ1) is 16.3. The summed E-state index contributed by atoms with van der Waals surface area (Å²) in [6.45, 7) is 1.93. The summed E-state index contributed by atoms with van der Waals surface area (Å²) in [5.41, 5.74) is 5.09. The van der Waals surface area contributed by atoms with Crippen LogP contribution in [-0.4, -0.2) is 54.3 Å². The first-order valence-electron chi connectivity index (χ1n) is 6.78. The summed E-state index contributed by atoms with van der Waals surface area (Å²) >= 11 is 5.12. The monoisotopic (exact) mass is 288 g/mol. The van der Waals surface area contributed by atoms with E-state index in [4.69, 9.17) is 27.8 Å². The van der Waals surface area contributed by atoms with Gasteiger partial charge in [-0.25, -0.2) is 0 Å². The molecule has 110 valence electrons. The number of aliphatic hydroxyl groups excluding tert-OH is 1. The van der Waals surface area contributed by atoms with Gasteiger partial charge < -0.3 is 20.5 Å². The Balaban J connectivity index is 2.58. The van der Waals surface area contributed by atoms with E-state index in [0.29, 0.717) is 32.6 Å². The molecule has 5 nitrogen and oxygen atoms in total. The molecule has 0 unspecified atom stereocenters. The number of nitrogens with zero attached hydrogens (tertiary/aromatic N) is 1. The third kappa shape index (κ3) is 4.12. The second-order valence-corrected chi connectivity index (χ2v) is 5.51. The van der Waals surface area contributed by atoms with Crippen molar-refractivity contribution in [3.8, 4) is 0 Å². The Morgan fingerprint density at radius 2 is 2.00 bits per heavy atom. The number of amides is 1. The molecule has 0 aromatic carbocycles. The number of thiocarbonyl (C=S) groups is 1. The predicted molar refractivity (Wildman–Crippen MR) is 77.8 cm³/mol. The van der Waals surface area contributed by atoms with Gasteiger partial charge in [0.1, 0.15) is 5.41 Å². The largest absolute Gasteiger partial charge is 0.396 e. The summed E-state index contributed by atoms with van der Waals surface area (Å²) in [6, 6.07) is 0. The number of nitrogens with two attached hydrogens (primary N) is 1. The lowest BCUT2D eigenvalue weighted by molar-refractivity contribution is -0.141. The average molecular weight is 288 g/mol. The first-order chi connectivity index (χ1) is 9.04. The summed E-state index contributed by atoms with van der Waals surface area (Å²) in [7, 11) is 1.79. The van der Waals surface area contributed by atoms with Crippen molar-refractivity contribution in [3.63, 3.8) is 0 Å². The molecule has 0 radical (unpaired) electrons. The van der Waals surface area contributed by atoms with Crippen molar-refractivity contribution in [1.29, 1.82) is 0 Å². The van der Waals surface area contributed by atoms with Crippen LogP contribution in [0, 0.1) is 5.41 Å². The Morgan fingerprint density at radius 3 is 2.53 bits per heavy atom. The van der Waals surface area contributed by atoms with Crippen LogP contribution in [0.4, 0.5) is 0 Å². The van der Waals surface area contributed by atoms with E-state index in [0.717, 1.165) is 19.3 Å². The molecule has 1 amide bonds. The maximum atomic E-state index is 12.6. The van der Waals surface area contributed by atoms with Gasteiger partial charge in [-0.15, -0.1) is 0 Å². The first-order valence-corrected chi connectivity index (χ1v) is 7.19. The predicted octanol–water partition coefficient (Wildman–Crippen LogP) is 0.690. The highest BCUT2D eigenvalue weighted by atomic mass is 32.1. The van der Waals surface area contributed by atoms with Gasteiger partial charge in [0.15, 0.2) is 0 Å². The lowest BCUT2D eigenvalue weighted by Gasteiger charge is -2.37. The van der Waals surface area contributed by atoms with Gasteiger partial charge in [-0.3, -0.25) is 4.79 Å². The fraction of sp³-hybridized carbons (Fsp3) is 0.846. The number of hydrogen-bond acceptors (Lipinski definition) is 4. The van der Waals surface area contributed by atoms with Gasteiger partial charge in [-0.05, 0) is 32.1 Å². The normalized spacial score (nSPS) is 18.0. The number of ether oxygens (including phenoxy) is 1. The Hall–Kier alpha value is -0.720. The summed E-state index contributed by atoms with van der Waals surface area (Å²) in [5.74, 6) is 0.00676. The second kappa shape index (κ2) is 7.77. The van der Waals surface area contributed by atoms with Crippen LogP contribution < -0.4 is 5.73 Å². The van der Waals surface area contributed by atoms with Gasteiger partial charge >= 0.3 is 0 Å². The van der Waals surface area contributed by atoms with E-state index in [2.05, 4.69) is 0 Å².